The molecule has 0 bridgehead atoms. The van der Waals surface area contributed by atoms with Gasteiger partial charge in [0.05, 0.1) is 0 Å². The van der Waals surface area contributed by atoms with E-state index in [-0.39, 0.29) is 0 Å². The number of hydrogen-bond donors (Lipinski definition) is 2. The molecule has 0 spiro atoms. The molecule has 0 radical (unpaired) electrons. The van der Waals surface area contributed by atoms with Crippen LogP contribution in [0.25, 0.3) is 0 Å². The minimum atomic E-state index is 0.458. The van der Waals surface area contributed by atoms with E-state index in [2.05, 4.69) is 5.32 Å². The van der Waals surface area contributed by atoms with E-state index in [1.165, 1.54) is 70.6 Å². The Morgan fingerprint density at radius 3 is 2.00 bits per heavy atom. The van der Waals surface area contributed by atoms with Crippen LogP contribution in [0.4, 0.5) is 0 Å². The van der Waals surface area contributed by atoms with Gasteiger partial charge in [-0.1, -0.05) is 38.5 Å². The molecule has 0 aromatic carbocycles. The largest absolute Gasteiger partial charge is 0.328 e. The average molecular weight is 224 g/mol. The fraction of sp³-hybridized carbons (Fsp3) is 1.00. The number of hydrogen-bond acceptors (Lipinski definition) is 2. The lowest BCUT2D eigenvalue weighted by Crippen LogP contribution is -2.44. The van der Waals surface area contributed by atoms with E-state index in [4.69, 9.17) is 5.73 Å². The lowest BCUT2D eigenvalue weighted by atomic mass is 9.89. The van der Waals surface area contributed by atoms with Crippen molar-refractivity contribution in [2.24, 2.45) is 5.73 Å². The van der Waals surface area contributed by atoms with Crippen LogP contribution in [0.1, 0.15) is 70.6 Å². The second-order valence-electron chi connectivity index (χ2n) is 5.83. The summed E-state index contributed by atoms with van der Waals surface area (Å²) in [5.41, 5.74) is 6.05. The summed E-state index contributed by atoms with van der Waals surface area (Å²) in [6.07, 6.45) is 15.1. The van der Waals surface area contributed by atoms with E-state index >= 15 is 0 Å². The molecule has 0 saturated heterocycles. The van der Waals surface area contributed by atoms with Gasteiger partial charge in [0, 0.05) is 18.1 Å². The summed E-state index contributed by atoms with van der Waals surface area (Å²) in [6.45, 7) is 0. The first-order chi connectivity index (χ1) is 7.84. The van der Waals surface area contributed by atoms with Gasteiger partial charge in [-0.25, -0.2) is 0 Å². The van der Waals surface area contributed by atoms with Crippen LogP contribution in [0.5, 0.6) is 0 Å². The molecular formula is C14H28N2. The molecule has 2 atom stereocenters. The maximum absolute atomic E-state index is 6.05. The van der Waals surface area contributed by atoms with Crippen molar-refractivity contribution in [2.75, 3.05) is 0 Å². The van der Waals surface area contributed by atoms with E-state index in [0.29, 0.717) is 12.1 Å². The van der Waals surface area contributed by atoms with Gasteiger partial charge < -0.3 is 11.1 Å². The fourth-order valence-electron chi connectivity index (χ4n) is 3.34. The summed E-state index contributed by atoms with van der Waals surface area (Å²) >= 11 is 0. The van der Waals surface area contributed by atoms with Crippen LogP contribution in [-0.4, -0.2) is 18.1 Å². The zero-order chi connectivity index (χ0) is 11.2. The first-order valence-corrected chi connectivity index (χ1v) is 7.36. The summed E-state index contributed by atoms with van der Waals surface area (Å²) < 4.78 is 0. The molecule has 2 aliphatic rings. The van der Waals surface area contributed by atoms with Crippen LogP contribution >= 0.6 is 0 Å². The van der Waals surface area contributed by atoms with Gasteiger partial charge >= 0.3 is 0 Å². The highest BCUT2D eigenvalue weighted by molar-refractivity contribution is 4.83. The van der Waals surface area contributed by atoms with E-state index < -0.39 is 0 Å². The lowest BCUT2D eigenvalue weighted by molar-refractivity contribution is 0.284. The van der Waals surface area contributed by atoms with Crippen molar-refractivity contribution in [3.05, 3.63) is 0 Å². The third kappa shape index (κ3) is 4.06. The Bertz CT molecular complexity index is 185. The Morgan fingerprint density at radius 1 is 0.688 bits per heavy atom. The van der Waals surface area contributed by atoms with E-state index in [1.54, 1.807) is 0 Å². The molecule has 2 saturated carbocycles. The third-order valence-corrected chi connectivity index (χ3v) is 4.29. The first kappa shape index (κ1) is 12.4. The van der Waals surface area contributed by atoms with Gasteiger partial charge in [0.1, 0.15) is 0 Å². The molecule has 2 heteroatoms. The molecule has 0 aromatic rings. The third-order valence-electron chi connectivity index (χ3n) is 4.29. The van der Waals surface area contributed by atoms with Crippen molar-refractivity contribution in [3.63, 3.8) is 0 Å². The fourth-order valence-corrected chi connectivity index (χ4v) is 3.34. The molecular weight excluding hydrogens is 196 g/mol. The van der Waals surface area contributed by atoms with Gasteiger partial charge in [0.15, 0.2) is 0 Å². The summed E-state index contributed by atoms with van der Waals surface area (Å²) in [4.78, 5) is 0. The smallest absolute Gasteiger partial charge is 0.00843 e. The predicted octanol–water partition coefficient (Wildman–Crippen LogP) is 2.96. The van der Waals surface area contributed by atoms with Gasteiger partial charge in [-0.2, -0.15) is 0 Å². The molecule has 2 unspecified atom stereocenters. The lowest BCUT2D eigenvalue weighted by Gasteiger charge is -2.32. The monoisotopic (exact) mass is 224 g/mol. The Balaban J connectivity index is 1.73. The van der Waals surface area contributed by atoms with Gasteiger partial charge in [0.2, 0.25) is 0 Å². The molecule has 2 aliphatic carbocycles. The van der Waals surface area contributed by atoms with Crippen LogP contribution < -0.4 is 11.1 Å². The quantitative estimate of drug-likeness (QED) is 0.757. The van der Waals surface area contributed by atoms with Crippen LogP contribution in [-0.2, 0) is 0 Å². The van der Waals surface area contributed by atoms with Crippen molar-refractivity contribution in [1.82, 2.24) is 5.32 Å². The zero-order valence-corrected chi connectivity index (χ0v) is 10.6. The number of rotatable bonds is 2. The van der Waals surface area contributed by atoms with Crippen molar-refractivity contribution in [2.45, 2.75) is 88.8 Å². The second kappa shape index (κ2) is 6.61. The average Bonchev–Trinajstić information content (AvgIpc) is 2.22. The van der Waals surface area contributed by atoms with E-state index in [0.717, 1.165) is 6.04 Å². The van der Waals surface area contributed by atoms with Crippen molar-refractivity contribution in [3.8, 4) is 0 Å². The van der Waals surface area contributed by atoms with Crippen molar-refractivity contribution >= 4 is 0 Å². The summed E-state index contributed by atoms with van der Waals surface area (Å²) in [5.74, 6) is 0. The SMILES string of the molecule is NC1CCCC(NC2CCCCCCC2)C1. The molecule has 3 N–H and O–H groups in total. The topological polar surface area (TPSA) is 38.0 Å². The maximum atomic E-state index is 6.05. The molecule has 0 amide bonds. The highest BCUT2D eigenvalue weighted by atomic mass is 15.0. The molecule has 0 aromatic heterocycles. The standard InChI is InChI=1S/C14H28N2/c15-12-7-6-10-14(11-12)16-13-8-4-2-1-3-5-9-13/h12-14,16H,1-11,15H2. The number of nitrogens with one attached hydrogen (secondary N) is 1. The summed E-state index contributed by atoms with van der Waals surface area (Å²) in [6, 6.07) is 1.96. The van der Waals surface area contributed by atoms with Crippen molar-refractivity contribution < 1.29 is 0 Å². The Morgan fingerprint density at radius 2 is 1.31 bits per heavy atom. The van der Waals surface area contributed by atoms with E-state index in [9.17, 15) is 0 Å². The van der Waals surface area contributed by atoms with Gasteiger partial charge in [0.25, 0.3) is 0 Å². The highest BCUT2D eigenvalue weighted by Crippen LogP contribution is 2.21. The normalized spacial score (nSPS) is 34.3. The van der Waals surface area contributed by atoms with Crippen LogP contribution in [0.3, 0.4) is 0 Å². The van der Waals surface area contributed by atoms with Crippen LogP contribution in [0.2, 0.25) is 0 Å². The maximum Gasteiger partial charge on any atom is 0.00843 e. The van der Waals surface area contributed by atoms with Crippen LogP contribution in [0, 0.1) is 0 Å². The van der Waals surface area contributed by atoms with Crippen molar-refractivity contribution in [1.29, 1.82) is 0 Å². The van der Waals surface area contributed by atoms with Gasteiger partial charge in [-0.05, 0) is 32.1 Å². The predicted molar refractivity (Wildman–Crippen MR) is 69.5 cm³/mol. The zero-order valence-electron chi connectivity index (χ0n) is 10.6. The Labute approximate surface area is 100 Å². The second-order valence-corrected chi connectivity index (χ2v) is 5.83. The summed E-state index contributed by atoms with van der Waals surface area (Å²) in [5, 5.41) is 3.88. The summed E-state index contributed by atoms with van der Waals surface area (Å²) in [7, 11) is 0. The van der Waals surface area contributed by atoms with Gasteiger partial charge in [-0.3, -0.25) is 0 Å². The number of nitrogens with two attached hydrogens (primary N) is 1. The first-order valence-electron chi connectivity index (χ1n) is 7.36. The molecule has 2 rings (SSSR count). The molecule has 16 heavy (non-hydrogen) atoms. The van der Waals surface area contributed by atoms with Crippen LogP contribution in [0.15, 0.2) is 0 Å². The molecule has 2 fully saturated rings. The Hall–Kier alpha value is -0.0800. The van der Waals surface area contributed by atoms with E-state index in [1.807, 2.05) is 0 Å². The Kier molecular flexibility index (Phi) is 5.11. The minimum Gasteiger partial charge on any atom is -0.328 e. The molecule has 2 nitrogen and oxygen atoms in total. The van der Waals surface area contributed by atoms with Gasteiger partial charge in [-0.15, -0.1) is 0 Å². The molecule has 94 valence electrons. The molecule has 0 heterocycles. The minimum absolute atomic E-state index is 0.458. The molecule has 0 aliphatic heterocycles. The highest BCUT2D eigenvalue weighted by Gasteiger charge is 2.21.